The summed E-state index contributed by atoms with van der Waals surface area (Å²) in [5.41, 5.74) is 8.26. The molecule has 128 valence electrons. The van der Waals surface area contributed by atoms with E-state index < -0.39 is 10.0 Å². The van der Waals surface area contributed by atoms with Crippen LogP contribution in [0.4, 0.5) is 5.82 Å². The van der Waals surface area contributed by atoms with Gasteiger partial charge in [-0.05, 0) is 35.7 Å². The first-order valence-electron chi connectivity index (χ1n) is 7.70. The van der Waals surface area contributed by atoms with Gasteiger partial charge < -0.3 is 16.2 Å². The molecule has 0 saturated carbocycles. The maximum absolute atomic E-state index is 12.1. The molecule has 0 saturated heterocycles. The van der Waals surface area contributed by atoms with Crippen molar-refractivity contribution in [3.8, 4) is 11.1 Å². The molecule has 0 bridgehead atoms. The first-order chi connectivity index (χ1) is 11.5. The molecule has 1 aliphatic rings. The lowest BCUT2D eigenvalue weighted by Gasteiger charge is -2.09. The number of anilines is 1. The van der Waals surface area contributed by atoms with Crippen molar-refractivity contribution in [1.29, 1.82) is 0 Å². The smallest absolute Gasteiger partial charge is 0.240 e. The number of hydrogen-bond acceptors (Lipinski definition) is 6. The summed E-state index contributed by atoms with van der Waals surface area (Å²) in [5, 5.41) is 12.5. The van der Waals surface area contributed by atoms with Gasteiger partial charge >= 0.3 is 0 Å². The first kappa shape index (κ1) is 16.8. The lowest BCUT2D eigenvalue weighted by molar-refractivity contribution is 0.277. The second-order valence-electron chi connectivity index (χ2n) is 5.62. The molecule has 5 N–H and O–H groups in total. The van der Waals surface area contributed by atoms with Crippen LogP contribution in [0.15, 0.2) is 41.4 Å². The van der Waals surface area contributed by atoms with Gasteiger partial charge in [0.25, 0.3) is 0 Å². The van der Waals surface area contributed by atoms with Gasteiger partial charge in [-0.3, -0.25) is 0 Å². The molecule has 24 heavy (non-hydrogen) atoms. The Morgan fingerprint density at radius 1 is 1.29 bits per heavy atom. The molecule has 0 fully saturated rings. The van der Waals surface area contributed by atoms with Gasteiger partial charge in [0.05, 0.1) is 17.5 Å². The fourth-order valence-corrected chi connectivity index (χ4v) is 3.83. The second-order valence-corrected chi connectivity index (χ2v) is 7.39. The van der Waals surface area contributed by atoms with Crippen molar-refractivity contribution in [2.75, 3.05) is 25.0 Å². The SMILES string of the molecule is NCCNS(=O)(=O)c1ccc(-c2ccnc3c2CC(CO)N3)cc1. The number of sulfonamides is 1. The molecule has 1 unspecified atom stereocenters. The highest BCUT2D eigenvalue weighted by Gasteiger charge is 2.24. The van der Waals surface area contributed by atoms with Crippen LogP contribution < -0.4 is 15.8 Å². The predicted octanol–water partition coefficient (Wildman–Crippen LogP) is 0.314. The van der Waals surface area contributed by atoms with Gasteiger partial charge in [0.1, 0.15) is 5.82 Å². The van der Waals surface area contributed by atoms with Crippen LogP contribution in [0.2, 0.25) is 0 Å². The Balaban J connectivity index is 1.90. The fraction of sp³-hybridized carbons (Fsp3) is 0.312. The van der Waals surface area contributed by atoms with Crippen molar-refractivity contribution in [2.24, 2.45) is 5.73 Å². The molecule has 1 atom stereocenters. The van der Waals surface area contributed by atoms with Crippen molar-refractivity contribution in [2.45, 2.75) is 17.4 Å². The Morgan fingerprint density at radius 3 is 2.71 bits per heavy atom. The molecular formula is C16H20N4O3S. The van der Waals surface area contributed by atoms with E-state index in [1.165, 1.54) is 0 Å². The lowest BCUT2D eigenvalue weighted by atomic mass is 9.99. The molecule has 0 radical (unpaired) electrons. The molecule has 1 aromatic carbocycles. The number of fused-ring (bicyclic) bond motifs is 1. The van der Waals surface area contributed by atoms with Gasteiger partial charge in [0, 0.05) is 24.8 Å². The van der Waals surface area contributed by atoms with Gasteiger partial charge in [-0.1, -0.05) is 12.1 Å². The topological polar surface area (TPSA) is 117 Å². The summed E-state index contributed by atoms with van der Waals surface area (Å²) in [5.74, 6) is 0.771. The zero-order valence-corrected chi connectivity index (χ0v) is 13.9. The monoisotopic (exact) mass is 348 g/mol. The Labute approximate surface area is 141 Å². The highest BCUT2D eigenvalue weighted by atomic mass is 32.2. The molecule has 0 amide bonds. The average Bonchev–Trinajstić information content (AvgIpc) is 3.03. The summed E-state index contributed by atoms with van der Waals surface area (Å²) in [6, 6.07) is 8.57. The van der Waals surface area contributed by atoms with Crippen LogP contribution in [-0.4, -0.2) is 44.2 Å². The van der Waals surface area contributed by atoms with Gasteiger partial charge in [-0.2, -0.15) is 0 Å². The van der Waals surface area contributed by atoms with E-state index in [1.54, 1.807) is 30.5 Å². The quantitative estimate of drug-likeness (QED) is 0.597. The summed E-state index contributed by atoms with van der Waals surface area (Å²) < 4.78 is 26.6. The Morgan fingerprint density at radius 2 is 2.04 bits per heavy atom. The van der Waals surface area contributed by atoms with Gasteiger partial charge in [0.15, 0.2) is 0 Å². The Hall–Kier alpha value is -2.00. The summed E-state index contributed by atoms with van der Waals surface area (Å²) >= 11 is 0. The van der Waals surface area contributed by atoms with E-state index >= 15 is 0 Å². The number of aliphatic hydroxyl groups excluding tert-OH is 1. The highest BCUT2D eigenvalue weighted by Crippen LogP contribution is 2.33. The number of benzene rings is 1. The van der Waals surface area contributed by atoms with Crippen LogP contribution in [0.3, 0.4) is 0 Å². The third-order valence-corrected chi connectivity index (χ3v) is 5.46. The number of nitrogens with one attached hydrogen (secondary N) is 2. The minimum atomic E-state index is -3.53. The van der Waals surface area contributed by atoms with E-state index in [2.05, 4.69) is 15.0 Å². The van der Waals surface area contributed by atoms with Crippen molar-refractivity contribution < 1.29 is 13.5 Å². The van der Waals surface area contributed by atoms with Gasteiger partial charge in [-0.25, -0.2) is 18.1 Å². The van der Waals surface area contributed by atoms with Crippen LogP contribution in [-0.2, 0) is 16.4 Å². The molecule has 3 rings (SSSR count). The zero-order valence-electron chi connectivity index (χ0n) is 13.1. The van der Waals surface area contributed by atoms with E-state index in [1.807, 2.05) is 6.07 Å². The van der Waals surface area contributed by atoms with Crippen LogP contribution in [0.5, 0.6) is 0 Å². The normalized spacial score (nSPS) is 16.7. The maximum Gasteiger partial charge on any atom is 0.240 e. The predicted molar refractivity (Wildman–Crippen MR) is 92.1 cm³/mol. The van der Waals surface area contributed by atoms with Crippen molar-refractivity contribution in [1.82, 2.24) is 9.71 Å². The number of aromatic nitrogens is 1. The summed E-state index contributed by atoms with van der Waals surface area (Å²) in [7, 11) is -3.53. The minimum Gasteiger partial charge on any atom is -0.394 e. The van der Waals surface area contributed by atoms with Crippen molar-refractivity contribution in [3.63, 3.8) is 0 Å². The molecule has 1 aromatic heterocycles. The molecule has 2 aromatic rings. The number of nitrogens with zero attached hydrogens (tertiary/aromatic N) is 1. The zero-order chi connectivity index (χ0) is 17.2. The van der Waals surface area contributed by atoms with Crippen LogP contribution in [0.25, 0.3) is 11.1 Å². The second kappa shape index (κ2) is 6.86. The molecule has 0 spiro atoms. The highest BCUT2D eigenvalue weighted by molar-refractivity contribution is 7.89. The average molecular weight is 348 g/mol. The molecule has 0 aliphatic carbocycles. The van der Waals surface area contributed by atoms with E-state index in [-0.39, 0.29) is 30.6 Å². The summed E-state index contributed by atoms with van der Waals surface area (Å²) in [6.07, 6.45) is 2.39. The molecule has 7 nitrogen and oxygen atoms in total. The maximum atomic E-state index is 12.1. The number of rotatable bonds is 6. The first-order valence-corrected chi connectivity index (χ1v) is 9.19. The van der Waals surface area contributed by atoms with Crippen LogP contribution >= 0.6 is 0 Å². The van der Waals surface area contributed by atoms with E-state index in [4.69, 9.17) is 5.73 Å². The third kappa shape index (κ3) is 3.27. The largest absolute Gasteiger partial charge is 0.394 e. The number of aliphatic hydroxyl groups is 1. The Kier molecular flexibility index (Phi) is 4.81. The lowest BCUT2D eigenvalue weighted by Crippen LogP contribution is -2.29. The standard InChI is InChI=1S/C16H20N4O3S/c17-6-8-19-24(22,23)13-3-1-11(2-4-13)14-5-7-18-16-15(14)9-12(10-21)20-16/h1-5,7,12,19,21H,6,8-10,17H2,(H,18,20). The van der Waals surface area contributed by atoms with Crippen LogP contribution in [0.1, 0.15) is 5.56 Å². The summed E-state index contributed by atoms with van der Waals surface area (Å²) in [6.45, 7) is 0.495. The molecular weight excluding hydrogens is 328 g/mol. The van der Waals surface area contributed by atoms with Crippen LogP contribution in [0, 0.1) is 0 Å². The number of nitrogens with two attached hydrogens (primary N) is 1. The van der Waals surface area contributed by atoms with Gasteiger partial charge in [0.2, 0.25) is 10.0 Å². The fourth-order valence-electron chi connectivity index (χ4n) is 2.79. The number of hydrogen-bond donors (Lipinski definition) is 4. The van der Waals surface area contributed by atoms with Gasteiger partial charge in [-0.15, -0.1) is 0 Å². The van der Waals surface area contributed by atoms with Crippen molar-refractivity contribution in [3.05, 3.63) is 42.1 Å². The van der Waals surface area contributed by atoms with E-state index in [0.717, 1.165) is 22.5 Å². The molecule has 2 heterocycles. The minimum absolute atomic E-state index is 0.0336. The summed E-state index contributed by atoms with van der Waals surface area (Å²) in [4.78, 5) is 4.50. The van der Waals surface area contributed by atoms with E-state index in [0.29, 0.717) is 6.42 Å². The molecule has 1 aliphatic heterocycles. The third-order valence-electron chi connectivity index (χ3n) is 3.98. The molecule has 8 heteroatoms. The Bertz CT molecular complexity index is 822. The van der Waals surface area contributed by atoms with E-state index in [9.17, 15) is 13.5 Å². The van der Waals surface area contributed by atoms with Crippen molar-refractivity contribution >= 4 is 15.8 Å². The number of pyridine rings is 1.